The number of nitrogens with one attached hydrogen (secondary N) is 1. The van der Waals surface area contributed by atoms with Crippen molar-refractivity contribution in [2.24, 2.45) is 5.92 Å². The highest BCUT2D eigenvalue weighted by Gasteiger charge is 2.43. The van der Waals surface area contributed by atoms with Crippen molar-refractivity contribution in [1.29, 1.82) is 0 Å². The smallest absolute Gasteiger partial charge is 0.231 e. The summed E-state index contributed by atoms with van der Waals surface area (Å²) in [6.07, 6.45) is 3.39. The molecule has 0 bridgehead atoms. The van der Waals surface area contributed by atoms with E-state index in [0.717, 1.165) is 5.56 Å². The van der Waals surface area contributed by atoms with Crippen molar-refractivity contribution in [2.45, 2.75) is 12.5 Å². The Morgan fingerprint density at radius 2 is 1.96 bits per heavy atom. The summed E-state index contributed by atoms with van der Waals surface area (Å²) in [6.45, 7) is 0.185. The highest BCUT2D eigenvalue weighted by atomic mass is 16.7. The predicted octanol–water partition coefficient (Wildman–Crippen LogP) is 1.97. The molecule has 0 spiro atoms. The molecule has 128 valence electrons. The molecule has 0 radical (unpaired) electrons. The molecule has 2 aliphatic rings. The van der Waals surface area contributed by atoms with E-state index in [2.05, 4.69) is 10.3 Å². The first-order valence-electron chi connectivity index (χ1n) is 7.99. The van der Waals surface area contributed by atoms with Gasteiger partial charge in [-0.05, 0) is 29.8 Å². The Balaban J connectivity index is 1.62. The van der Waals surface area contributed by atoms with Gasteiger partial charge >= 0.3 is 0 Å². The van der Waals surface area contributed by atoms with E-state index in [4.69, 9.17) is 9.47 Å². The fraction of sp³-hybridized carbons (Fsp3) is 0.278. The minimum absolute atomic E-state index is 0.0578. The third-order valence-electron chi connectivity index (χ3n) is 4.61. The molecule has 1 saturated heterocycles. The zero-order valence-corrected chi connectivity index (χ0v) is 13.6. The number of fused-ring (bicyclic) bond motifs is 1. The average Bonchev–Trinajstić information content (AvgIpc) is 3.20. The first kappa shape index (κ1) is 15.4. The topological polar surface area (TPSA) is 80.8 Å². The van der Waals surface area contributed by atoms with Crippen molar-refractivity contribution < 1.29 is 19.1 Å². The van der Waals surface area contributed by atoms with Gasteiger partial charge in [0.25, 0.3) is 0 Å². The number of rotatable bonds is 3. The minimum atomic E-state index is -0.481. The lowest BCUT2D eigenvalue weighted by Gasteiger charge is -2.25. The zero-order valence-electron chi connectivity index (χ0n) is 13.6. The predicted molar refractivity (Wildman–Crippen MR) is 89.0 cm³/mol. The van der Waals surface area contributed by atoms with Crippen molar-refractivity contribution in [3.8, 4) is 11.5 Å². The summed E-state index contributed by atoms with van der Waals surface area (Å²) in [4.78, 5) is 30.5. The summed E-state index contributed by atoms with van der Waals surface area (Å²) >= 11 is 0. The number of hydrogen-bond donors (Lipinski definition) is 1. The first-order chi connectivity index (χ1) is 12.1. The molecule has 2 unspecified atom stereocenters. The van der Waals surface area contributed by atoms with Gasteiger partial charge in [-0.1, -0.05) is 6.07 Å². The molecule has 1 aromatic heterocycles. The van der Waals surface area contributed by atoms with Gasteiger partial charge in [0.2, 0.25) is 18.6 Å². The van der Waals surface area contributed by atoms with Gasteiger partial charge in [0, 0.05) is 31.5 Å². The number of nitrogens with zero attached hydrogens (tertiary/aromatic N) is 2. The molecule has 1 fully saturated rings. The number of ether oxygens (including phenoxy) is 2. The Morgan fingerprint density at radius 3 is 2.76 bits per heavy atom. The van der Waals surface area contributed by atoms with E-state index in [1.54, 1.807) is 36.5 Å². The molecule has 3 heterocycles. The quantitative estimate of drug-likeness (QED) is 0.925. The van der Waals surface area contributed by atoms with Gasteiger partial charge in [-0.2, -0.15) is 0 Å². The van der Waals surface area contributed by atoms with Crippen molar-refractivity contribution in [3.63, 3.8) is 0 Å². The van der Waals surface area contributed by atoms with Gasteiger partial charge in [0.05, 0.1) is 12.0 Å². The van der Waals surface area contributed by atoms with Gasteiger partial charge in [-0.15, -0.1) is 0 Å². The first-order valence-corrected chi connectivity index (χ1v) is 7.99. The van der Waals surface area contributed by atoms with Crippen LogP contribution >= 0.6 is 0 Å². The maximum atomic E-state index is 12.8. The van der Waals surface area contributed by atoms with Crippen LogP contribution in [0.4, 0.5) is 5.69 Å². The molecule has 2 atom stereocenters. The summed E-state index contributed by atoms with van der Waals surface area (Å²) in [7, 11) is 1.72. The Morgan fingerprint density at radius 1 is 1.20 bits per heavy atom. The third kappa shape index (κ3) is 2.77. The van der Waals surface area contributed by atoms with Gasteiger partial charge in [-0.25, -0.2) is 0 Å². The second kappa shape index (κ2) is 6.08. The second-order valence-electron chi connectivity index (χ2n) is 6.10. The van der Waals surface area contributed by atoms with E-state index in [-0.39, 0.29) is 31.1 Å². The van der Waals surface area contributed by atoms with Crippen molar-refractivity contribution in [3.05, 3.63) is 48.3 Å². The van der Waals surface area contributed by atoms with Gasteiger partial charge in [0.1, 0.15) is 0 Å². The van der Waals surface area contributed by atoms with Gasteiger partial charge < -0.3 is 19.7 Å². The van der Waals surface area contributed by atoms with Crippen LogP contribution in [-0.4, -0.2) is 35.5 Å². The fourth-order valence-electron chi connectivity index (χ4n) is 3.33. The molecule has 1 aromatic carbocycles. The summed E-state index contributed by atoms with van der Waals surface area (Å²) in [5.41, 5.74) is 1.51. The molecule has 25 heavy (non-hydrogen) atoms. The monoisotopic (exact) mass is 339 g/mol. The van der Waals surface area contributed by atoms with Crippen LogP contribution in [0.5, 0.6) is 11.5 Å². The summed E-state index contributed by atoms with van der Waals surface area (Å²) in [5, 5.41) is 2.86. The zero-order chi connectivity index (χ0) is 17.4. The van der Waals surface area contributed by atoms with Crippen LogP contribution in [0, 0.1) is 5.92 Å². The molecule has 0 aliphatic carbocycles. The largest absolute Gasteiger partial charge is 0.454 e. The fourth-order valence-corrected chi connectivity index (χ4v) is 3.33. The summed E-state index contributed by atoms with van der Waals surface area (Å²) in [6, 6.07) is 8.62. The summed E-state index contributed by atoms with van der Waals surface area (Å²) in [5.74, 6) is 0.585. The number of carbonyl (C=O) groups excluding carboxylic acids is 2. The molecule has 7 nitrogen and oxygen atoms in total. The number of pyridine rings is 1. The number of carbonyl (C=O) groups is 2. The molecule has 4 rings (SSSR count). The Labute approximate surface area is 144 Å². The molecule has 0 saturated carbocycles. The third-order valence-corrected chi connectivity index (χ3v) is 4.61. The number of anilines is 1. The molecular weight excluding hydrogens is 322 g/mol. The minimum Gasteiger partial charge on any atom is -0.454 e. The molecular formula is C18H17N3O4. The van der Waals surface area contributed by atoms with Crippen molar-refractivity contribution >= 4 is 17.5 Å². The number of likely N-dealkylation sites (tertiary alicyclic amines) is 1. The number of benzene rings is 1. The van der Waals surface area contributed by atoms with Gasteiger partial charge in [0.15, 0.2) is 11.5 Å². The van der Waals surface area contributed by atoms with E-state index in [0.29, 0.717) is 17.2 Å². The highest BCUT2D eigenvalue weighted by Crippen LogP contribution is 2.41. The standard InChI is InChI=1S/C18H17N3O4/c1-21-16(22)9-13(18(23)20-12-4-6-19-7-5-12)17(21)11-2-3-14-15(8-11)25-10-24-14/h2-8,13,17H,9-10H2,1H3,(H,19,20,23). The highest BCUT2D eigenvalue weighted by molar-refractivity contribution is 5.97. The van der Waals surface area contributed by atoms with E-state index in [1.807, 2.05) is 18.2 Å². The Hall–Kier alpha value is -3.09. The lowest BCUT2D eigenvalue weighted by molar-refractivity contribution is -0.127. The van der Waals surface area contributed by atoms with Crippen molar-refractivity contribution in [2.75, 3.05) is 19.2 Å². The maximum absolute atomic E-state index is 12.8. The van der Waals surface area contributed by atoms with Crippen molar-refractivity contribution in [1.82, 2.24) is 9.88 Å². The van der Waals surface area contributed by atoms with E-state index in [9.17, 15) is 9.59 Å². The van der Waals surface area contributed by atoms with Crippen LogP contribution in [0.15, 0.2) is 42.7 Å². The molecule has 1 N–H and O–H groups in total. The van der Waals surface area contributed by atoms with Crippen LogP contribution < -0.4 is 14.8 Å². The van der Waals surface area contributed by atoms with Crippen LogP contribution in [0.2, 0.25) is 0 Å². The van der Waals surface area contributed by atoms with E-state index in [1.165, 1.54) is 0 Å². The Kier molecular flexibility index (Phi) is 3.76. The molecule has 2 amide bonds. The van der Waals surface area contributed by atoms with Crippen LogP contribution in [0.1, 0.15) is 18.0 Å². The lowest BCUT2D eigenvalue weighted by Crippen LogP contribution is -2.30. The number of amides is 2. The SMILES string of the molecule is CN1C(=O)CC(C(=O)Nc2ccncc2)C1c1ccc2c(c1)OCO2. The van der Waals surface area contributed by atoms with Crippen LogP contribution in [-0.2, 0) is 9.59 Å². The summed E-state index contributed by atoms with van der Waals surface area (Å²) < 4.78 is 10.7. The number of hydrogen-bond acceptors (Lipinski definition) is 5. The normalized spacial score (nSPS) is 21.5. The molecule has 2 aromatic rings. The van der Waals surface area contributed by atoms with E-state index < -0.39 is 5.92 Å². The lowest BCUT2D eigenvalue weighted by atomic mass is 9.92. The average molecular weight is 339 g/mol. The second-order valence-corrected chi connectivity index (χ2v) is 6.10. The molecule has 7 heteroatoms. The van der Waals surface area contributed by atoms with Crippen LogP contribution in [0.3, 0.4) is 0 Å². The number of aromatic nitrogens is 1. The Bertz CT molecular complexity index is 824. The molecule has 2 aliphatic heterocycles. The maximum Gasteiger partial charge on any atom is 0.231 e. The van der Waals surface area contributed by atoms with Gasteiger partial charge in [-0.3, -0.25) is 14.6 Å². The van der Waals surface area contributed by atoms with Crippen LogP contribution in [0.25, 0.3) is 0 Å². The van der Waals surface area contributed by atoms with E-state index >= 15 is 0 Å².